The molecule has 0 amide bonds. The fourth-order valence-corrected chi connectivity index (χ4v) is 5.23. The molecular weight excluding hydrogens is 1090 g/mol. The van der Waals surface area contributed by atoms with Crippen LogP contribution >= 0.6 is 69.6 Å². The van der Waals surface area contributed by atoms with Crippen molar-refractivity contribution in [3.63, 3.8) is 0 Å². The molecule has 0 atom stereocenters. The predicted octanol–water partition coefficient (Wildman–Crippen LogP) is 15.5. The zero-order valence-electron chi connectivity index (χ0n) is 36.5. The Morgan fingerprint density at radius 1 is 0.181 bits per heavy atom. The highest BCUT2D eigenvalue weighted by molar-refractivity contribution is 6.32. The van der Waals surface area contributed by atoms with E-state index in [9.17, 15) is 43.9 Å². The molecule has 0 aliphatic carbocycles. The lowest BCUT2D eigenvalue weighted by molar-refractivity contribution is 0.509. The maximum Gasteiger partial charge on any atom is 0.160 e. The number of nitrogen functional groups attached to an aromatic ring is 8. The van der Waals surface area contributed by atoms with Gasteiger partial charge >= 0.3 is 0 Å². The van der Waals surface area contributed by atoms with Crippen LogP contribution in [-0.2, 0) is 0 Å². The number of halogens is 16. The summed E-state index contributed by atoms with van der Waals surface area (Å²) in [5, 5.41) is 0.389. The molecule has 0 radical (unpaired) electrons. The van der Waals surface area contributed by atoms with E-state index in [1.807, 2.05) is 0 Å². The van der Waals surface area contributed by atoms with Crippen LogP contribution in [0, 0.1) is 58.2 Å². The summed E-state index contributed by atoms with van der Waals surface area (Å²) in [5.41, 5.74) is 45.2. The van der Waals surface area contributed by atoms with Gasteiger partial charge in [-0.3, -0.25) is 0 Å². The van der Waals surface area contributed by atoms with Crippen LogP contribution < -0.4 is 45.9 Å². The average Bonchev–Trinajstić information content (AvgIpc) is 3.31. The van der Waals surface area contributed by atoms with Gasteiger partial charge in [0.2, 0.25) is 0 Å². The molecule has 0 aromatic heterocycles. The van der Waals surface area contributed by atoms with Crippen molar-refractivity contribution < 1.29 is 43.9 Å². The Hall–Kier alpha value is -6.80. The van der Waals surface area contributed by atoms with Gasteiger partial charge in [-0.15, -0.1) is 0 Å². The second-order valence-electron chi connectivity index (χ2n) is 13.4. The highest BCUT2D eigenvalue weighted by Crippen LogP contribution is 2.21. The highest BCUT2D eigenvalue weighted by atomic mass is 35.5. The van der Waals surface area contributed by atoms with E-state index in [1.165, 1.54) is 121 Å². The van der Waals surface area contributed by atoms with Crippen molar-refractivity contribution in [2.75, 3.05) is 45.9 Å². The van der Waals surface area contributed by atoms with Crippen molar-refractivity contribution in [1.29, 1.82) is 0 Å². The fourth-order valence-electron chi connectivity index (χ4n) is 4.10. The molecule has 0 spiro atoms. The average molecular weight is 1130 g/mol. The molecule has 72 heavy (non-hydrogen) atoms. The standard InChI is InChI=1S/6C6H5ClFN.2C6H5F2N/c6*7-5-3-4(9)1-2-6(5)8;2*7-5-2-1-4(9)3-6(5)8/h8*1-3H,9H2. The first kappa shape index (κ1) is 63.2. The molecule has 0 saturated carbocycles. The van der Waals surface area contributed by atoms with Crippen molar-refractivity contribution in [3.8, 4) is 0 Å². The maximum absolute atomic E-state index is 12.3. The fraction of sp³-hybridized carbons (Fsp3) is 0. The Kier molecular flexibility index (Phi) is 28.3. The van der Waals surface area contributed by atoms with Gasteiger partial charge in [-0.2, -0.15) is 0 Å². The summed E-state index contributed by atoms with van der Waals surface area (Å²) in [7, 11) is 0. The molecule has 8 aromatic carbocycles. The Labute approximate surface area is 436 Å². The van der Waals surface area contributed by atoms with Crippen LogP contribution in [0.15, 0.2) is 146 Å². The molecule has 0 unspecified atom stereocenters. The van der Waals surface area contributed by atoms with Crippen LogP contribution in [0.1, 0.15) is 0 Å². The summed E-state index contributed by atoms with van der Waals surface area (Å²) in [4.78, 5) is 0. The molecule has 24 heteroatoms. The minimum absolute atomic E-state index is 0.0648. The molecule has 0 bridgehead atoms. The molecule has 16 N–H and O–H groups in total. The summed E-state index contributed by atoms with van der Waals surface area (Å²) in [6, 6.07) is 30.9. The van der Waals surface area contributed by atoms with Gasteiger partial charge in [0.05, 0.1) is 30.1 Å². The van der Waals surface area contributed by atoms with Crippen molar-refractivity contribution >= 4 is 115 Å². The van der Waals surface area contributed by atoms with Crippen LogP contribution in [0.25, 0.3) is 0 Å². The number of rotatable bonds is 0. The summed E-state index contributed by atoms with van der Waals surface area (Å²) in [6.45, 7) is 0. The van der Waals surface area contributed by atoms with E-state index in [0.717, 1.165) is 24.3 Å². The van der Waals surface area contributed by atoms with E-state index in [-0.39, 0.29) is 41.5 Å². The van der Waals surface area contributed by atoms with E-state index in [2.05, 4.69) is 0 Å². The maximum atomic E-state index is 12.3. The van der Waals surface area contributed by atoms with Crippen LogP contribution in [0.2, 0.25) is 30.1 Å². The summed E-state index contributed by atoms with van der Waals surface area (Å²) in [6.07, 6.45) is 0. The van der Waals surface area contributed by atoms with Gasteiger partial charge in [-0.05, 0) is 146 Å². The third-order valence-electron chi connectivity index (χ3n) is 7.55. The lowest BCUT2D eigenvalue weighted by Gasteiger charge is -1.93. The molecule has 8 nitrogen and oxygen atoms in total. The van der Waals surface area contributed by atoms with Gasteiger partial charge in [0.25, 0.3) is 0 Å². The third kappa shape index (κ3) is 25.9. The van der Waals surface area contributed by atoms with Crippen LogP contribution in [-0.4, -0.2) is 0 Å². The van der Waals surface area contributed by atoms with Gasteiger partial charge in [0.15, 0.2) is 23.3 Å². The largest absolute Gasteiger partial charge is 0.399 e. The molecule has 8 rings (SSSR count). The topological polar surface area (TPSA) is 208 Å². The minimum atomic E-state index is -0.907. The molecule has 8 aromatic rings. The smallest absolute Gasteiger partial charge is 0.160 e. The zero-order valence-corrected chi connectivity index (χ0v) is 41.1. The van der Waals surface area contributed by atoms with Gasteiger partial charge in [0, 0.05) is 45.5 Å². The van der Waals surface area contributed by atoms with Crippen LogP contribution in [0.4, 0.5) is 89.4 Å². The molecule has 384 valence electrons. The third-order valence-corrected chi connectivity index (χ3v) is 9.29. The Morgan fingerprint density at radius 3 is 0.403 bits per heavy atom. The van der Waals surface area contributed by atoms with E-state index in [0.29, 0.717) is 34.1 Å². The molecule has 0 saturated heterocycles. The summed E-state index contributed by atoms with van der Waals surface area (Å²) >= 11 is 32.2. The van der Waals surface area contributed by atoms with E-state index < -0.39 is 58.2 Å². The Balaban J connectivity index is 0.000000411. The van der Waals surface area contributed by atoms with Gasteiger partial charge in [-0.1, -0.05) is 69.6 Å². The first-order chi connectivity index (χ1) is 33.6. The lowest BCUT2D eigenvalue weighted by atomic mass is 10.3. The molecule has 0 heterocycles. The molecule has 0 aliphatic rings. The van der Waals surface area contributed by atoms with Gasteiger partial charge in [-0.25, -0.2) is 43.9 Å². The van der Waals surface area contributed by atoms with Crippen molar-refractivity contribution in [2.24, 2.45) is 0 Å². The minimum Gasteiger partial charge on any atom is -0.399 e. The zero-order chi connectivity index (χ0) is 54.8. The van der Waals surface area contributed by atoms with Crippen molar-refractivity contribution in [2.45, 2.75) is 0 Å². The quantitative estimate of drug-likeness (QED) is 0.0540. The SMILES string of the molecule is Nc1ccc(F)c(Cl)c1.Nc1ccc(F)c(Cl)c1.Nc1ccc(F)c(Cl)c1.Nc1ccc(F)c(Cl)c1.Nc1ccc(F)c(Cl)c1.Nc1ccc(F)c(Cl)c1.Nc1ccc(F)c(F)c1.Nc1ccc(F)c(F)c1. The van der Waals surface area contributed by atoms with Crippen LogP contribution in [0.5, 0.6) is 0 Å². The number of nitrogens with two attached hydrogens (primary N) is 8. The highest BCUT2D eigenvalue weighted by Gasteiger charge is 2.02. The Bertz CT molecular complexity index is 2390. The second-order valence-corrected chi connectivity index (χ2v) is 15.8. The Morgan fingerprint density at radius 2 is 0.306 bits per heavy atom. The summed E-state index contributed by atoms with van der Waals surface area (Å²) in [5.74, 6) is -6.19. The van der Waals surface area contributed by atoms with Gasteiger partial charge < -0.3 is 45.9 Å². The number of hydrogen-bond donors (Lipinski definition) is 8. The molecule has 0 fully saturated rings. The summed E-state index contributed by atoms with van der Waals surface area (Å²) < 4.78 is 122. The molecule has 0 aliphatic heterocycles. The van der Waals surface area contributed by atoms with E-state index in [4.69, 9.17) is 115 Å². The number of benzene rings is 8. The van der Waals surface area contributed by atoms with Crippen LogP contribution in [0.3, 0.4) is 0 Å². The normalized spacial score (nSPS) is 9.56. The van der Waals surface area contributed by atoms with E-state index in [1.54, 1.807) is 0 Å². The first-order valence-corrected chi connectivity index (χ1v) is 21.5. The predicted molar refractivity (Wildman–Crippen MR) is 276 cm³/mol. The number of anilines is 8. The second kappa shape index (κ2) is 32.2. The molecular formula is C48H40Cl6F10N8. The number of hydrogen-bond acceptors (Lipinski definition) is 8. The lowest BCUT2D eigenvalue weighted by Crippen LogP contribution is -1.88. The van der Waals surface area contributed by atoms with Crippen molar-refractivity contribution in [1.82, 2.24) is 0 Å². The monoisotopic (exact) mass is 1130 g/mol. The van der Waals surface area contributed by atoms with E-state index >= 15 is 0 Å². The first-order valence-electron chi connectivity index (χ1n) is 19.2. The van der Waals surface area contributed by atoms with Crippen molar-refractivity contribution in [3.05, 3.63) is 234 Å². The van der Waals surface area contributed by atoms with Gasteiger partial charge in [0.1, 0.15) is 34.9 Å².